The summed E-state index contributed by atoms with van der Waals surface area (Å²) in [5.74, 6) is 0.654. The monoisotopic (exact) mass is 423 g/mol. The van der Waals surface area contributed by atoms with E-state index in [0.29, 0.717) is 22.9 Å². The Morgan fingerprint density at radius 2 is 1.62 bits per heavy atom. The highest BCUT2D eigenvalue weighted by atomic mass is 35.5. The highest BCUT2D eigenvalue weighted by Crippen LogP contribution is 2.24. The lowest BCUT2D eigenvalue weighted by Crippen LogP contribution is -2.03. The molecule has 0 amide bonds. The highest BCUT2D eigenvalue weighted by Gasteiger charge is 2.20. The van der Waals surface area contributed by atoms with Crippen molar-refractivity contribution in [1.29, 1.82) is 5.26 Å². The molecule has 0 aliphatic heterocycles. The molecule has 0 atom stereocenters. The largest absolute Gasteiger partial charge is 0.489 e. The van der Waals surface area contributed by atoms with Gasteiger partial charge in [-0.2, -0.15) is 5.26 Å². The Morgan fingerprint density at radius 1 is 1.00 bits per heavy atom. The average molecular weight is 424 g/mol. The standard InChI is InChI=1S/C23H18ClNO3S/c1-17-2-4-19(5-3-17)16-28-21-10-6-18(7-11-21)14-23(15-25)29(26,27)22-12-8-20(24)9-13-22/h2-14H,16H2,1H3. The summed E-state index contributed by atoms with van der Waals surface area (Å²) in [6.07, 6.45) is 1.34. The first kappa shape index (κ1) is 20.7. The fourth-order valence-electron chi connectivity index (χ4n) is 2.57. The molecule has 0 saturated carbocycles. The van der Waals surface area contributed by atoms with Crippen LogP contribution in [-0.4, -0.2) is 8.42 Å². The van der Waals surface area contributed by atoms with Gasteiger partial charge in [0.25, 0.3) is 0 Å². The summed E-state index contributed by atoms with van der Waals surface area (Å²) in [6.45, 7) is 2.46. The van der Waals surface area contributed by atoms with E-state index in [1.807, 2.05) is 31.2 Å². The molecule has 3 aromatic rings. The van der Waals surface area contributed by atoms with E-state index in [1.54, 1.807) is 30.3 Å². The molecule has 29 heavy (non-hydrogen) atoms. The summed E-state index contributed by atoms with van der Waals surface area (Å²) in [5.41, 5.74) is 2.83. The van der Waals surface area contributed by atoms with Gasteiger partial charge >= 0.3 is 0 Å². The van der Waals surface area contributed by atoms with Crippen LogP contribution in [0.3, 0.4) is 0 Å². The first-order valence-corrected chi connectivity index (χ1v) is 10.7. The Morgan fingerprint density at radius 3 is 2.21 bits per heavy atom. The molecule has 0 radical (unpaired) electrons. The van der Waals surface area contributed by atoms with Gasteiger partial charge in [-0.25, -0.2) is 8.42 Å². The van der Waals surface area contributed by atoms with Gasteiger partial charge in [0.2, 0.25) is 9.84 Å². The molecule has 3 aromatic carbocycles. The molecule has 0 spiro atoms. The average Bonchev–Trinajstić information content (AvgIpc) is 2.72. The molecule has 0 unspecified atom stereocenters. The van der Waals surface area contributed by atoms with E-state index < -0.39 is 9.84 Å². The van der Waals surface area contributed by atoms with Gasteiger partial charge < -0.3 is 4.74 Å². The number of aryl methyl sites for hydroxylation is 1. The van der Waals surface area contributed by atoms with E-state index in [9.17, 15) is 13.7 Å². The van der Waals surface area contributed by atoms with Crippen LogP contribution in [0.4, 0.5) is 0 Å². The maximum absolute atomic E-state index is 12.7. The first-order chi connectivity index (χ1) is 13.9. The SMILES string of the molecule is Cc1ccc(COc2ccc(C=C(C#N)S(=O)(=O)c3ccc(Cl)cc3)cc2)cc1. The third-order valence-corrected chi connectivity index (χ3v) is 6.16. The molecule has 0 aromatic heterocycles. The topological polar surface area (TPSA) is 67.2 Å². The minimum absolute atomic E-state index is 0.0211. The molecular formula is C23H18ClNO3S. The van der Waals surface area contributed by atoms with Crippen molar-refractivity contribution in [1.82, 2.24) is 0 Å². The Labute approximate surface area is 175 Å². The second-order valence-electron chi connectivity index (χ2n) is 6.42. The number of rotatable bonds is 6. The summed E-state index contributed by atoms with van der Waals surface area (Å²) in [4.78, 5) is -0.319. The highest BCUT2D eigenvalue weighted by molar-refractivity contribution is 7.95. The summed E-state index contributed by atoms with van der Waals surface area (Å²) in [6, 6.07) is 22.4. The Hall–Kier alpha value is -3.07. The smallest absolute Gasteiger partial charge is 0.216 e. The third-order valence-electron chi connectivity index (χ3n) is 4.23. The van der Waals surface area contributed by atoms with E-state index in [0.717, 1.165) is 5.56 Å². The number of nitriles is 1. The quantitative estimate of drug-likeness (QED) is 0.486. The molecule has 3 rings (SSSR count). The minimum Gasteiger partial charge on any atom is -0.489 e. The number of halogens is 1. The zero-order valence-electron chi connectivity index (χ0n) is 15.7. The Bertz CT molecular complexity index is 1160. The molecule has 0 heterocycles. The summed E-state index contributed by atoms with van der Waals surface area (Å²) in [7, 11) is -3.92. The predicted octanol–water partition coefficient (Wildman–Crippen LogP) is 5.57. The fourth-order valence-corrected chi connectivity index (χ4v) is 3.86. The van der Waals surface area contributed by atoms with Crippen LogP contribution in [0.15, 0.2) is 82.6 Å². The van der Waals surface area contributed by atoms with Crippen molar-refractivity contribution in [3.63, 3.8) is 0 Å². The van der Waals surface area contributed by atoms with Gasteiger partial charge in [0.1, 0.15) is 23.3 Å². The summed E-state index contributed by atoms with van der Waals surface area (Å²) >= 11 is 5.81. The molecule has 0 saturated heterocycles. The zero-order valence-corrected chi connectivity index (χ0v) is 17.2. The maximum atomic E-state index is 12.7. The van der Waals surface area contributed by atoms with E-state index in [1.165, 1.54) is 35.9 Å². The number of hydrogen-bond donors (Lipinski definition) is 0. The third kappa shape index (κ3) is 5.26. The molecule has 0 aliphatic carbocycles. The molecule has 4 nitrogen and oxygen atoms in total. The van der Waals surface area contributed by atoms with E-state index in [4.69, 9.17) is 16.3 Å². The Kier molecular flexibility index (Phi) is 6.38. The summed E-state index contributed by atoms with van der Waals surface area (Å²) < 4.78 is 31.1. The van der Waals surface area contributed by atoms with Crippen LogP contribution in [0.2, 0.25) is 5.02 Å². The number of allylic oxidation sites excluding steroid dienone is 1. The predicted molar refractivity (Wildman–Crippen MR) is 114 cm³/mol. The number of nitrogens with zero attached hydrogens (tertiary/aromatic N) is 1. The summed E-state index contributed by atoms with van der Waals surface area (Å²) in [5, 5.41) is 9.80. The van der Waals surface area contributed by atoms with Gasteiger partial charge in [-0.15, -0.1) is 0 Å². The molecule has 0 fully saturated rings. The lowest BCUT2D eigenvalue weighted by Gasteiger charge is -2.07. The van der Waals surface area contributed by atoms with Crippen LogP contribution in [-0.2, 0) is 16.4 Å². The van der Waals surface area contributed by atoms with Crippen molar-refractivity contribution in [2.75, 3.05) is 0 Å². The van der Waals surface area contributed by atoms with Crippen LogP contribution < -0.4 is 4.74 Å². The van der Waals surface area contributed by atoms with Gasteiger partial charge in [0.05, 0.1) is 4.90 Å². The van der Waals surface area contributed by atoms with E-state index in [-0.39, 0.29) is 9.80 Å². The number of benzene rings is 3. The molecule has 0 bridgehead atoms. The molecule has 0 N–H and O–H groups in total. The van der Waals surface area contributed by atoms with Crippen molar-refractivity contribution < 1.29 is 13.2 Å². The molecular weight excluding hydrogens is 406 g/mol. The first-order valence-electron chi connectivity index (χ1n) is 8.79. The second kappa shape index (κ2) is 8.95. The van der Waals surface area contributed by atoms with Crippen LogP contribution in [0, 0.1) is 18.3 Å². The number of sulfone groups is 1. The normalized spacial score (nSPS) is 11.7. The van der Waals surface area contributed by atoms with Crippen molar-refractivity contribution >= 4 is 27.5 Å². The number of ether oxygens (including phenoxy) is 1. The fraction of sp³-hybridized carbons (Fsp3) is 0.0870. The van der Waals surface area contributed by atoms with Crippen molar-refractivity contribution in [2.45, 2.75) is 18.4 Å². The lowest BCUT2D eigenvalue weighted by molar-refractivity contribution is 0.306. The molecule has 0 aliphatic rings. The lowest BCUT2D eigenvalue weighted by atomic mass is 10.2. The van der Waals surface area contributed by atoms with Gasteiger partial charge in [-0.1, -0.05) is 53.6 Å². The van der Waals surface area contributed by atoms with E-state index >= 15 is 0 Å². The van der Waals surface area contributed by atoms with Gasteiger partial charge in [-0.05, 0) is 60.5 Å². The van der Waals surface area contributed by atoms with Crippen molar-refractivity contribution in [3.05, 3.63) is 99.4 Å². The van der Waals surface area contributed by atoms with Crippen LogP contribution >= 0.6 is 11.6 Å². The maximum Gasteiger partial charge on any atom is 0.216 e. The molecule has 6 heteroatoms. The second-order valence-corrected chi connectivity index (χ2v) is 8.78. The Balaban J connectivity index is 1.75. The van der Waals surface area contributed by atoms with Gasteiger partial charge in [0, 0.05) is 5.02 Å². The number of hydrogen-bond acceptors (Lipinski definition) is 4. The van der Waals surface area contributed by atoms with Gasteiger partial charge in [-0.3, -0.25) is 0 Å². The van der Waals surface area contributed by atoms with E-state index in [2.05, 4.69) is 0 Å². The van der Waals surface area contributed by atoms with Gasteiger partial charge in [0.15, 0.2) is 0 Å². The van der Waals surface area contributed by atoms with Crippen LogP contribution in [0.5, 0.6) is 5.75 Å². The van der Waals surface area contributed by atoms with Crippen LogP contribution in [0.25, 0.3) is 6.08 Å². The molecule has 146 valence electrons. The van der Waals surface area contributed by atoms with Crippen molar-refractivity contribution in [3.8, 4) is 11.8 Å². The minimum atomic E-state index is -3.92. The van der Waals surface area contributed by atoms with Crippen molar-refractivity contribution in [2.24, 2.45) is 0 Å². The zero-order chi connectivity index (χ0) is 20.9. The van der Waals surface area contributed by atoms with Crippen LogP contribution in [0.1, 0.15) is 16.7 Å².